The summed E-state index contributed by atoms with van der Waals surface area (Å²) in [6.45, 7) is 5.60. The summed E-state index contributed by atoms with van der Waals surface area (Å²) in [6, 6.07) is 14.2. The Labute approximate surface area is 142 Å². The second-order valence-electron chi connectivity index (χ2n) is 5.82. The molecule has 0 aliphatic heterocycles. The Balaban J connectivity index is 1.57. The zero-order chi connectivity index (χ0) is 16.9. The minimum atomic E-state index is 0.774. The van der Waals surface area contributed by atoms with Crippen molar-refractivity contribution in [2.24, 2.45) is 0 Å². The maximum atomic E-state index is 5.16. The van der Waals surface area contributed by atoms with Crippen molar-refractivity contribution in [2.75, 3.05) is 7.11 Å². The molecule has 2 aromatic heterocycles. The van der Waals surface area contributed by atoms with Gasteiger partial charge in [-0.25, -0.2) is 9.67 Å². The van der Waals surface area contributed by atoms with Crippen molar-refractivity contribution in [1.82, 2.24) is 20.1 Å². The molecule has 0 atom stereocenters. The molecule has 0 amide bonds. The second-order valence-corrected chi connectivity index (χ2v) is 5.82. The molecule has 0 spiro atoms. The van der Waals surface area contributed by atoms with E-state index in [1.807, 2.05) is 49.0 Å². The first kappa shape index (κ1) is 16.2. The number of methoxy groups -OCH3 is 1. The number of ether oxygens (including phenoxy) is 1. The van der Waals surface area contributed by atoms with Crippen LogP contribution in [-0.4, -0.2) is 21.9 Å². The summed E-state index contributed by atoms with van der Waals surface area (Å²) >= 11 is 0. The zero-order valence-corrected chi connectivity index (χ0v) is 14.3. The normalized spacial score (nSPS) is 10.8. The van der Waals surface area contributed by atoms with Gasteiger partial charge in [0, 0.05) is 25.0 Å². The minimum Gasteiger partial charge on any atom is -0.497 e. The van der Waals surface area contributed by atoms with Crippen LogP contribution in [-0.2, 0) is 13.1 Å². The molecule has 0 unspecified atom stereocenters. The van der Waals surface area contributed by atoms with Gasteiger partial charge in [0.05, 0.1) is 12.8 Å². The van der Waals surface area contributed by atoms with Gasteiger partial charge in [-0.15, -0.1) is 0 Å². The van der Waals surface area contributed by atoms with Crippen LogP contribution in [0, 0.1) is 13.8 Å². The van der Waals surface area contributed by atoms with E-state index in [0.717, 1.165) is 41.6 Å². The second kappa shape index (κ2) is 7.27. The van der Waals surface area contributed by atoms with Gasteiger partial charge >= 0.3 is 0 Å². The largest absolute Gasteiger partial charge is 0.497 e. The number of nitrogens with one attached hydrogen (secondary N) is 1. The molecule has 2 heterocycles. The highest BCUT2D eigenvalue weighted by Crippen LogP contribution is 2.12. The molecule has 0 bridgehead atoms. The molecule has 5 heteroatoms. The smallest absolute Gasteiger partial charge is 0.153 e. The summed E-state index contributed by atoms with van der Waals surface area (Å²) < 4.78 is 7.03. The Morgan fingerprint density at radius 2 is 1.71 bits per heavy atom. The fourth-order valence-corrected chi connectivity index (χ4v) is 2.60. The van der Waals surface area contributed by atoms with Gasteiger partial charge in [-0.1, -0.05) is 18.2 Å². The Morgan fingerprint density at radius 1 is 1.00 bits per heavy atom. The molecule has 24 heavy (non-hydrogen) atoms. The van der Waals surface area contributed by atoms with Crippen molar-refractivity contribution in [3.05, 3.63) is 71.2 Å². The van der Waals surface area contributed by atoms with Gasteiger partial charge in [-0.3, -0.25) is 0 Å². The minimum absolute atomic E-state index is 0.774. The number of aryl methyl sites for hydroxylation is 2. The molecule has 0 aliphatic carbocycles. The first-order chi connectivity index (χ1) is 11.7. The Bertz CT molecular complexity index is 791. The number of hydrogen-bond donors (Lipinski definition) is 1. The first-order valence-electron chi connectivity index (χ1n) is 7.98. The Morgan fingerprint density at radius 3 is 2.29 bits per heavy atom. The summed E-state index contributed by atoms with van der Waals surface area (Å²) in [6.07, 6.45) is 1.90. The van der Waals surface area contributed by atoms with E-state index in [1.165, 1.54) is 5.56 Å². The molecule has 5 nitrogen and oxygen atoms in total. The summed E-state index contributed by atoms with van der Waals surface area (Å²) in [7, 11) is 1.68. The van der Waals surface area contributed by atoms with Crippen molar-refractivity contribution < 1.29 is 4.74 Å². The van der Waals surface area contributed by atoms with Crippen molar-refractivity contribution in [3.63, 3.8) is 0 Å². The van der Waals surface area contributed by atoms with Crippen LogP contribution in [0.3, 0.4) is 0 Å². The van der Waals surface area contributed by atoms with Crippen LogP contribution in [0.25, 0.3) is 5.82 Å². The van der Waals surface area contributed by atoms with E-state index in [9.17, 15) is 0 Å². The SMILES string of the molecule is COc1ccc(CNCc2ccc(-n3nc(C)cc3C)nc2)cc1. The number of rotatable bonds is 6. The maximum Gasteiger partial charge on any atom is 0.153 e. The summed E-state index contributed by atoms with van der Waals surface area (Å²) in [4.78, 5) is 4.52. The van der Waals surface area contributed by atoms with E-state index in [0.29, 0.717) is 0 Å². The van der Waals surface area contributed by atoms with Gasteiger partial charge in [0.2, 0.25) is 0 Å². The molecule has 124 valence electrons. The zero-order valence-electron chi connectivity index (χ0n) is 14.3. The number of hydrogen-bond acceptors (Lipinski definition) is 4. The van der Waals surface area contributed by atoms with Gasteiger partial charge in [0.15, 0.2) is 5.82 Å². The lowest BCUT2D eigenvalue weighted by molar-refractivity contribution is 0.414. The Hall–Kier alpha value is -2.66. The van der Waals surface area contributed by atoms with Crippen LogP contribution in [0.2, 0.25) is 0 Å². The monoisotopic (exact) mass is 322 g/mol. The van der Waals surface area contributed by atoms with Crippen LogP contribution in [0.5, 0.6) is 5.75 Å². The van der Waals surface area contributed by atoms with Crippen molar-refractivity contribution >= 4 is 0 Å². The molecule has 0 radical (unpaired) electrons. The van der Waals surface area contributed by atoms with E-state index in [1.54, 1.807) is 7.11 Å². The molecule has 0 saturated carbocycles. The molecule has 1 aromatic carbocycles. The third-order valence-electron chi connectivity index (χ3n) is 3.85. The van der Waals surface area contributed by atoms with E-state index >= 15 is 0 Å². The number of benzene rings is 1. The van der Waals surface area contributed by atoms with E-state index in [-0.39, 0.29) is 0 Å². The van der Waals surface area contributed by atoms with Crippen molar-refractivity contribution in [2.45, 2.75) is 26.9 Å². The fraction of sp³-hybridized carbons (Fsp3) is 0.263. The van der Waals surface area contributed by atoms with E-state index in [2.05, 4.69) is 33.6 Å². The summed E-state index contributed by atoms with van der Waals surface area (Å²) in [5.74, 6) is 1.72. The molecular formula is C19H22N4O. The van der Waals surface area contributed by atoms with E-state index < -0.39 is 0 Å². The summed E-state index contributed by atoms with van der Waals surface area (Å²) in [5.41, 5.74) is 4.46. The third-order valence-corrected chi connectivity index (χ3v) is 3.85. The highest BCUT2D eigenvalue weighted by atomic mass is 16.5. The quantitative estimate of drug-likeness (QED) is 0.757. The topological polar surface area (TPSA) is 52.0 Å². The molecule has 0 aliphatic rings. The van der Waals surface area contributed by atoms with Crippen LogP contribution in [0.1, 0.15) is 22.5 Å². The standard InChI is InChI=1S/C19H22N4O/c1-14-10-15(2)23(22-14)19-9-6-17(13-21-19)12-20-11-16-4-7-18(24-3)8-5-16/h4-10,13,20H,11-12H2,1-3H3. The highest BCUT2D eigenvalue weighted by Gasteiger charge is 2.04. The molecule has 3 aromatic rings. The molecule has 0 fully saturated rings. The van der Waals surface area contributed by atoms with Gasteiger partial charge in [0.1, 0.15) is 5.75 Å². The lowest BCUT2D eigenvalue weighted by Crippen LogP contribution is -2.13. The number of pyridine rings is 1. The van der Waals surface area contributed by atoms with Gasteiger partial charge in [-0.2, -0.15) is 5.10 Å². The Kier molecular flexibility index (Phi) is 4.91. The summed E-state index contributed by atoms with van der Waals surface area (Å²) in [5, 5.41) is 7.88. The van der Waals surface area contributed by atoms with Crippen molar-refractivity contribution in [3.8, 4) is 11.6 Å². The van der Waals surface area contributed by atoms with Crippen LogP contribution in [0.15, 0.2) is 48.7 Å². The predicted molar refractivity (Wildman–Crippen MR) is 94.4 cm³/mol. The lowest BCUT2D eigenvalue weighted by atomic mass is 10.2. The maximum absolute atomic E-state index is 5.16. The van der Waals surface area contributed by atoms with Gasteiger partial charge < -0.3 is 10.1 Å². The first-order valence-corrected chi connectivity index (χ1v) is 7.98. The highest BCUT2D eigenvalue weighted by molar-refractivity contribution is 5.29. The fourth-order valence-electron chi connectivity index (χ4n) is 2.60. The molecule has 0 saturated heterocycles. The van der Waals surface area contributed by atoms with Crippen LogP contribution in [0.4, 0.5) is 0 Å². The average Bonchev–Trinajstić information content (AvgIpc) is 2.94. The van der Waals surface area contributed by atoms with E-state index in [4.69, 9.17) is 4.74 Å². The average molecular weight is 322 g/mol. The van der Waals surface area contributed by atoms with Crippen LogP contribution >= 0.6 is 0 Å². The predicted octanol–water partition coefficient (Wildman–Crippen LogP) is 3.18. The number of nitrogens with zero attached hydrogens (tertiary/aromatic N) is 3. The molecule has 3 rings (SSSR count). The van der Waals surface area contributed by atoms with Gasteiger partial charge in [-0.05, 0) is 49.2 Å². The molecular weight excluding hydrogens is 300 g/mol. The molecule has 1 N–H and O–H groups in total. The third kappa shape index (κ3) is 3.81. The number of aromatic nitrogens is 3. The van der Waals surface area contributed by atoms with Crippen LogP contribution < -0.4 is 10.1 Å². The van der Waals surface area contributed by atoms with Gasteiger partial charge in [0.25, 0.3) is 0 Å². The lowest BCUT2D eigenvalue weighted by Gasteiger charge is -2.07. The van der Waals surface area contributed by atoms with Crippen molar-refractivity contribution in [1.29, 1.82) is 0 Å².